The fourth-order valence-electron chi connectivity index (χ4n) is 4.52. The Balaban J connectivity index is 1.39. The van der Waals surface area contributed by atoms with Crippen LogP contribution in [0.15, 0.2) is 78.9 Å². The van der Waals surface area contributed by atoms with Crippen LogP contribution in [0.25, 0.3) is 0 Å². The smallest absolute Gasteiger partial charge is 0.494 e. The highest BCUT2D eigenvalue weighted by molar-refractivity contribution is 6.32. The quantitative estimate of drug-likeness (QED) is 0.0781. The molecule has 1 saturated heterocycles. The third kappa shape index (κ3) is 8.00. The highest BCUT2D eigenvalue weighted by atomic mass is 16.7. The van der Waals surface area contributed by atoms with Crippen LogP contribution in [0.4, 0.5) is 10.5 Å². The first-order chi connectivity index (χ1) is 21.6. The minimum atomic E-state index is -1.42. The van der Waals surface area contributed by atoms with Crippen molar-refractivity contribution >= 4 is 41.9 Å². The van der Waals surface area contributed by atoms with E-state index in [1.165, 1.54) is 48.5 Å². The van der Waals surface area contributed by atoms with Crippen molar-refractivity contribution in [2.75, 3.05) is 18.1 Å². The summed E-state index contributed by atoms with van der Waals surface area (Å²) >= 11 is 0. The molecule has 2 amide bonds. The van der Waals surface area contributed by atoms with Gasteiger partial charge >= 0.3 is 18.1 Å². The number of carbonyl (C=O) groups is 6. The van der Waals surface area contributed by atoms with Crippen molar-refractivity contribution in [3.63, 3.8) is 0 Å². The van der Waals surface area contributed by atoms with Crippen LogP contribution in [0.2, 0.25) is 0 Å². The molecule has 0 radical (unpaired) electrons. The van der Waals surface area contributed by atoms with Gasteiger partial charge in [0.25, 0.3) is 5.91 Å². The van der Waals surface area contributed by atoms with E-state index in [4.69, 9.17) is 25.1 Å². The zero-order valence-corrected chi connectivity index (χ0v) is 23.7. The van der Waals surface area contributed by atoms with Crippen LogP contribution >= 0.6 is 0 Å². The first-order valence-electron chi connectivity index (χ1n) is 13.6. The molecule has 4 N–H and O–H groups in total. The number of ether oxygens (including phenoxy) is 3. The van der Waals surface area contributed by atoms with Gasteiger partial charge in [-0.15, -0.1) is 0 Å². The van der Waals surface area contributed by atoms with Gasteiger partial charge in [-0.1, -0.05) is 42.5 Å². The standard InChI is InChI=1S/C31H29N3O11/c32-24(29(38)39)14-15-43-22-12-8-21(9-13-22)34(26(36)17-35)25-16-33(28(25)37)27(30(40)41)20-6-10-23(11-7-20)45-31(42)44-18-19-4-2-1-3-5-19/h1-13,17,24-25,27H,14-16,18,32H2,(H,38,39)(H,40,41). The molecular formula is C31H29N3O11. The van der Waals surface area contributed by atoms with Crippen molar-refractivity contribution in [1.29, 1.82) is 0 Å². The van der Waals surface area contributed by atoms with Crippen molar-refractivity contribution in [2.45, 2.75) is 31.2 Å². The van der Waals surface area contributed by atoms with Gasteiger partial charge in [0.05, 0.1) is 13.2 Å². The number of aldehydes is 1. The molecule has 0 spiro atoms. The van der Waals surface area contributed by atoms with Crippen molar-refractivity contribution in [2.24, 2.45) is 5.73 Å². The Bertz CT molecular complexity index is 1550. The number of aliphatic carboxylic acids is 2. The van der Waals surface area contributed by atoms with Gasteiger partial charge in [-0.25, -0.2) is 9.59 Å². The molecule has 1 heterocycles. The number of anilines is 1. The number of rotatable bonds is 14. The first kappa shape index (κ1) is 32.2. The molecule has 1 fully saturated rings. The summed E-state index contributed by atoms with van der Waals surface area (Å²) in [5.74, 6) is -3.79. The number of carboxylic acids is 2. The molecule has 45 heavy (non-hydrogen) atoms. The van der Waals surface area contributed by atoms with E-state index in [0.717, 1.165) is 15.4 Å². The number of carbonyl (C=O) groups excluding carboxylic acids is 4. The van der Waals surface area contributed by atoms with E-state index in [-0.39, 0.29) is 49.5 Å². The molecule has 1 aliphatic rings. The lowest BCUT2D eigenvalue weighted by atomic mass is 9.96. The van der Waals surface area contributed by atoms with Crippen LogP contribution in [0.1, 0.15) is 23.6 Å². The van der Waals surface area contributed by atoms with E-state index >= 15 is 0 Å². The Kier molecular flexibility index (Phi) is 10.4. The van der Waals surface area contributed by atoms with Crippen molar-refractivity contribution in [3.05, 3.63) is 90.0 Å². The molecule has 0 saturated carbocycles. The molecule has 0 aromatic heterocycles. The number of benzene rings is 3. The van der Waals surface area contributed by atoms with E-state index in [1.807, 2.05) is 6.07 Å². The van der Waals surface area contributed by atoms with Gasteiger partial charge in [0.1, 0.15) is 30.2 Å². The molecule has 3 unspecified atom stereocenters. The molecule has 4 rings (SSSR count). The van der Waals surface area contributed by atoms with Crippen LogP contribution in [0.5, 0.6) is 11.5 Å². The highest BCUT2D eigenvalue weighted by Gasteiger charge is 2.48. The number of β-lactam (4-membered cyclic amide) rings is 1. The fourth-order valence-corrected chi connectivity index (χ4v) is 4.52. The molecule has 14 heteroatoms. The Morgan fingerprint density at radius 1 is 0.933 bits per heavy atom. The molecule has 1 aliphatic heterocycles. The van der Waals surface area contributed by atoms with Crippen LogP contribution in [-0.2, 0) is 35.3 Å². The topological polar surface area (TPSA) is 203 Å². The zero-order valence-electron chi connectivity index (χ0n) is 23.7. The van der Waals surface area contributed by atoms with Crippen LogP contribution in [0.3, 0.4) is 0 Å². The minimum Gasteiger partial charge on any atom is -0.494 e. The third-order valence-electron chi connectivity index (χ3n) is 6.86. The summed E-state index contributed by atoms with van der Waals surface area (Å²) in [5.41, 5.74) is 6.61. The molecule has 0 bridgehead atoms. The van der Waals surface area contributed by atoms with Gasteiger partial charge in [0.2, 0.25) is 12.2 Å². The zero-order chi connectivity index (χ0) is 32.5. The molecular weight excluding hydrogens is 590 g/mol. The third-order valence-corrected chi connectivity index (χ3v) is 6.86. The predicted octanol–water partition coefficient (Wildman–Crippen LogP) is 2.15. The molecule has 0 aliphatic carbocycles. The largest absolute Gasteiger partial charge is 0.514 e. The lowest BCUT2D eigenvalue weighted by molar-refractivity contribution is -0.159. The Morgan fingerprint density at radius 2 is 1.58 bits per heavy atom. The number of hydrogen-bond donors (Lipinski definition) is 3. The first-order valence-corrected chi connectivity index (χ1v) is 13.6. The number of nitrogens with two attached hydrogens (primary N) is 1. The Morgan fingerprint density at radius 3 is 2.16 bits per heavy atom. The van der Waals surface area contributed by atoms with E-state index in [2.05, 4.69) is 0 Å². The number of carboxylic acid groups (broad SMARTS) is 2. The SMILES string of the molecule is NC(CCOc1ccc(N(C(=O)C=O)C2CN(C(C(=O)O)c3ccc(OC(=O)OCc4ccccc4)cc3)C2=O)cc1)C(=O)O. The monoisotopic (exact) mass is 619 g/mol. The van der Waals surface area contributed by atoms with E-state index in [9.17, 15) is 33.9 Å². The second kappa shape index (κ2) is 14.6. The van der Waals surface area contributed by atoms with Crippen LogP contribution < -0.4 is 20.1 Å². The summed E-state index contributed by atoms with van der Waals surface area (Å²) in [6.07, 6.45) is -0.850. The summed E-state index contributed by atoms with van der Waals surface area (Å²) in [5, 5.41) is 18.8. The fraction of sp³-hybridized carbons (Fsp3) is 0.226. The van der Waals surface area contributed by atoms with Gasteiger partial charge in [0.15, 0.2) is 6.04 Å². The predicted molar refractivity (Wildman–Crippen MR) is 155 cm³/mol. The maximum absolute atomic E-state index is 13.2. The van der Waals surface area contributed by atoms with Crippen molar-refractivity contribution in [1.82, 2.24) is 4.90 Å². The van der Waals surface area contributed by atoms with E-state index in [1.54, 1.807) is 24.3 Å². The Hall–Kier alpha value is -5.76. The maximum atomic E-state index is 13.2. The normalized spacial score (nSPS) is 15.2. The number of nitrogens with zero attached hydrogens (tertiary/aromatic N) is 2. The number of hydrogen-bond acceptors (Lipinski definition) is 10. The van der Waals surface area contributed by atoms with Gasteiger partial charge in [-0.3, -0.25) is 24.1 Å². The van der Waals surface area contributed by atoms with Crippen molar-refractivity contribution in [3.8, 4) is 11.5 Å². The van der Waals surface area contributed by atoms with E-state index < -0.39 is 48.0 Å². The van der Waals surface area contributed by atoms with Crippen LogP contribution in [-0.4, -0.2) is 76.5 Å². The maximum Gasteiger partial charge on any atom is 0.514 e. The second-order valence-electron chi connectivity index (χ2n) is 9.84. The van der Waals surface area contributed by atoms with Gasteiger partial charge in [0, 0.05) is 12.1 Å². The molecule has 3 aromatic carbocycles. The molecule has 3 aromatic rings. The van der Waals surface area contributed by atoms with Gasteiger partial charge in [-0.2, -0.15) is 0 Å². The molecule has 14 nitrogen and oxygen atoms in total. The van der Waals surface area contributed by atoms with Crippen LogP contribution in [0, 0.1) is 0 Å². The molecule has 234 valence electrons. The number of likely N-dealkylation sites (tertiary alicyclic amines) is 1. The Labute approximate surface area is 256 Å². The average molecular weight is 620 g/mol. The van der Waals surface area contributed by atoms with Crippen molar-refractivity contribution < 1.29 is 53.2 Å². The molecule has 3 atom stereocenters. The second-order valence-corrected chi connectivity index (χ2v) is 9.84. The highest BCUT2D eigenvalue weighted by Crippen LogP contribution is 2.33. The average Bonchev–Trinajstić information content (AvgIpc) is 3.04. The summed E-state index contributed by atoms with van der Waals surface area (Å²) < 4.78 is 15.7. The minimum absolute atomic E-state index is 0.00238. The summed E-state index contributed by atoms with van der Waals surface area (Å²) in [7, 11) is 0. The summed E-state index contributed by atoms with van der Waals surface area (Å²) in [6, 6.07) is 16.6. The summed E-state index contributed by atoms with van der Waals surface area (Å²) in [4.78, 5) is 74.3. The summed E-state index contributed by atoms with van der Waals surface area (Å²) in [6.45, 7) is -0.172. The van der Waals surface area contributed by atoms with Gasteiger partial charge < -0.3 is 35.1 Å². The number of amides is 2. The lowest BCUT2D eigenvalue weighted by Crippen LogP contribution is -2.67. The van der Waals surface area contributed by atoms with E-state index in [0.29, 0.717) is 5.75 Å². The van der Waals surface area contributed by atoms with Gasteiger partial charge in [-0.05, 0) is 47.5 Å². The lowest BCUT2D eigenvalue weighted by Gasteiger charge is -2.46.